The van der Waals surface area contributed by atoms with Gasteiger partial charge in [-0.3, -0.25) is 19.2 Å². The van der Waals surface area contributed by atoms with Crippen molar-refractivity contribution in [3.05, 3.63) is 0 Å². The third-order valence-electron chi connectivity index (χ3n) is 11.6. The number of carbonyl (C=O) groups is 5. The second kappa shape index (κ2) is 17.9. The molecule has 2 aliphatic carbocycles. The van der Waals surface area contributed by atoms with Crippen LogP contribution in [-0.4, -0.2) is 104 Å². The smallest absolute Gasteiger partial charge is 0.315 e. The van der Waals surface area contributed by atoms with E-state index in [1.165, 1.54) is 11.4 Å². The molecule has 4 fully saturated rings. The van der Waals surface area contributed by atoms with Crippen molar-refractivity contribution in [1.82, 2.24) is 30.5 Å². The molecule has 2 saturated carbocycles. The average Bonchev–Trinajstić information content (AvgIpc) is 3.46. The van der Waals surface area contributed by atoms with Gasteiger partial charge in [-0.25, -0.2) is 13.2 Å². The number of ketones is 1. The molecule has 51 heavy (non-hydrogen) atoms. The molecule has 0 aromatic carbocycles. The van der Waals surface area contributed by atoms with E-state index in [2.05, 4.69) is 35.1 Å². The maximum absolute atomic E-state index is 14.7. The second-order valence-electron chi connectivity index (χ2n) is 17.0. The highest BCUT2D eigenvalue weighted by atomic mass is 32.2. The molecule has 4 rings (SSSR count). The molecule has 0 bridgehead atoms. The van der Waals surface area contributed by atoms with Gasteiger partial charge in [0.1, 0.15) is 12.1 Å². The molecule has 4 aliphatic rings. The summed E-state index contributed by atoms with van der Waals surface area (Å²) in [4.78, 5) is 69.9. The van der Waals surface area contributed by atoms with Gasteiger partial charge >= 0.3 is 6.03 Å². The van der Waals surface area contributed by atoms with Gasteiger partial charge < -0.3 is 26.2 Å². The van der Waals surface area contributed by atoms with Crippen molar-refractivity contribution in [3.63, 3.8) is 0 Å². The van der Waals surface area contributed by atoms with E-state index in [0.29, 0.717) is 38.8 Å². The van der Waals surface area contributed by atoms with Crippen molar-refractivity contribution in [2.75, 3.05) is 32.4 Å². The summed E-state index contributed by atoms with van der Waals surface area (Å²) in [5.74, 6) is -1.85. The van der Waals surface area contributed by atoms with Crippen molar-refractivity contribution >= 4 is 39.6 Å². The Labute approximate surface area is 305 Å². The first-order chi connectivity index (χ1) is 24.0. The van der Waals surface area contributed by atoms with Crippen LogP contribution in [0, 0.1) is 29.1 Å². The van der Waals surface area contributed by atoms with Crippen molar-refractivity contribution in [2.24, 2.45) is 29.1 Å². The summed E-state index contributed by atoms with van der Waals surface area (Å²) in [5.41, 5.74) is -0.473. The van der Waals surface area contributed by atoms with Crippen molar-refractivity contribution in [1.29, 1.82) is 0 Å². The number of sulfonamides is 1. The SMILES string of the molecule is CNC(=O)C(=O)C(CC1CCC1)NC(=O)[C@@H]1[C@@H](CC(C)C)CCN1C(=O)C(NC(=O)N[C@H](CN1CCCCS1(=O)=O)C(C)(C)C)C1CCCCC1. The fourth-order valence-electron chi connectivity index (χ4n) is 8.30. The minimum Gasteiger partial charge on any atom is -0.353 e. The number of nitrogens with one attached hydrogen (secondary N) is 4. The lowest BCUT2D eigenvalue weighted by Gasteiger charge is -2.38. The van der Waals surface area contributed by atoms with E-state index in [-0.39, 0.29) is 41.9 Å². The first-order valence-corrected chi connectivity index (χ1v) is 21.0. The van der Waals surface area contributed by atoms with Crippen LogP contribution >= 0.6 is 0 Å². The van der Waals surface area contributed by atoms with Gasteiger partial charge in [-0.05, 0) is 74.0 Å². The zero-order valence-electron chi connectivity index (χ0n) is 31.8. The first-order valence-electron chi connectivity index (χ1n) is 19.4. The average molecular weight is 737 g/mol. The summed E-state index contributed by atoms with van der Waals surface area (Å²) in [6, 6.07) is -3.75. The molecule has 4 N–H and O–H groups in total. The van der Waals surface area contributed by atoms with Crippen LogP contribution in [0.1, 0.15) is 118 Å². The van der Waals surface area contributed by atoms with Gasteiger partial charge in [0, 0.05) is 32.7 Å². The number of carbonyl (C=O) groups excluding carboxylic acids is 5. The minimum atomic E-state index is -3.41. The van der Waals surface area contributed by atoms with Crippen LogP contribution in [0.15, 0.2) is 0 Å². The number of likely N-dealkylation sites (N-methyl/N-ethyl adjacent to an activating group) is 1. The lowest BCUT2D eigenvalue weighted by molar-refractivity contribution is -0.144. The van der Waals surface area contributed by atoms with E-state index in [1.54, 1.807) is 4.90 Å². The normalized spacial score (nSPS) is 25.0. The van der Waals surface area contributed by atoms with E-state index in [4.69, 9.17) is 0 Å². The Morgan fingerprint density at radius 2 is 1.49 bits per heavy atom. The molecule has 0 spiro atoms. The van der Waals surface area contributed by atoms with Crippen LogP contribution in [0.5, 0.6) is 0 Å². The number of rotatable bonds is 14. The fourth-order valence-corrected chi connectivity index (χ4v) is 9.91. The molecular formula is C37H64N6O7S. The van der Waals surface area contributed by atoms with Crippen LogP contribution in [0.4, 0.5) is 4.79 Å². The van der Waals surface area contributed by atoms with Crippen LogP contribution in [-0.2, 0) is 29.2 Å². The summed E-state index contributed by atoms with van der Waals surface area (Å²) in [5, 5.41) is 11.3. The Balaban J connectivity index is 1.57. The summed E-state index contributed by atoms with van der Waals surface area (Å²) >= 11 is 0. The van der Waals surface area contributed by atoms with Gasteiger partial charge in [-0.15, -0.1) is 0 Å². The van der Waals surface area contributed by atoms with Crippen molar-refractivity contribution < 1.29 is 32.4 Å². The summed E-state index contributed by atoms with van der Waals surface area (Å²) in [6.45, 7) is 10.9. The number of Topliss-reactive ketones (excluding diaryl/α,β-unsaturated/α-hetero) is 1. The molecule has 14 heteroatoms. The van der Waals surface area contributed by atoms with E-state index in [0.717, 1.165) is 57.8 Å². The number of hydrogen-bond acceptors (Lipinski definition) is 7. The topological polar surface area (TPSA) is 174 Å². The highest BCUT2D eigenvalue weighted by molar-refractivity contribution is 7.89. The van der Waals surface area contributed by atoms with Gasteiger partial charge in [0.25, 0.3) is 5.91 Å². The quantitative estimate of drug-likeness (QED) is 0.198. The Kier molecular flexibility index (Phi) is 14.4. The zero-order valence-corrected chi connectivity index (χ0v) is 32.6. The fraction of sp³-hybridized carbons (Fsp3) is 0.865. The highest BCUT2D eigenvalue weighted by Gasteiger charge is 2.47. The third-order valence-corrected chi connectivity index (χ3v) is 13.5. The van der Waals surface area contributed by atoms with Gasteiger partial charge in [0.15, 0.2) is 0 Å². The van der Waals surface area contributed by atoms with E-state index in [1.807, 2.05) is 20.8 Å². The standard InChI is InChI=1S/C37H64N6O7S/c1-24(2)21-27-17-19-43(31(27)33(45)39-28(22-25-13-12-14-25)32(44)34(46)38-6)35(47)30(26-15-8-7-9-16-26)41-36(48)40-29(37(3,4)5)23-42-18-10-11-20-51(42,49)50/h24-31H,7-23H2,1-6H3,(H,38,46)(H,39,45)(H2,40,41,48)/t27-,28?,29-,30?,31+/m1/s1. The van der Waals surface area contributed by atoms with E-state index in [9.17, 15) is 32.4 Å². The lowest BCUT2D eigenvalue weighted by atomic mass is 9.80. The Hall–Kier alpha value is -2.74. The van der Waals surface area contributed by atoms with Gasteiger partial charge in [0.2, 0.25) is 27.6 Å². The van der Waals surface area contributed by atoms with E-state index < -0.39 is 63.2 Å². The first kappa shape index (κ1) is 41.0. The monoisotopic (exact) mass is 736 g/mol. The van der Waals surface area contributed by atoms with Crippen LogP contribution < -0.4 is 21.3 Å². The molecule has 2 unspecified atom stereocenters. The zero-order chi connectivity index (χ0) is 37.5. The molecule has 13 nitrogen and oxygen atoms in total. The van der Waals surface area contributed by atoms with Crippen LogP contribution in [0.3, 0.4) is 0 Å². The van der Waals surface area contributed by atoms with Crippen LogP contribution in [0.2, 0.25) is 0 Å². The molecule has 0 radical (unpaired) electrons. The molecule has 5 atom stereocenters. The predicted octanol–water partition coefficient (Wildman–Crippen LogP) is 3.33. The Morgan fingerprint density at radius 3 is 2.06 bits per heavy atom. The Morgan fingerprint density at radius 1 is 0.804 bits per heavy atom. The summed E-state index contributed by atoms with van der Waals surface area (Å²) in [7, 11) is -2.02. The van der Waals surface area contributed by atoms with Gasteiger partial charge in [-0.1, -0.05) is 73.1 Å². The second-order valence-corrected chi connectivity index (χ2v) is 19.1. The van der Waals surface area contributed by atoms with Gasteiger partial charge in [0.05, 0.1) is 11.8 Å². The minimum absolute atomic E-state index is 0.0952. The maximum atomic E-state index is 14.7. The molecule has 2 heterocycles. The number of amides is 5. The maximum Gasteiger partial charge on any atom is 0.315 e. The van der Waals surface area contributed by atoms with Gasteiger partial charge in [-0.2, -0.15) is 4.31 Å². The number of urea groups is 1. The molecule has 0 aromatic rings. The summed E-state index contributed by atoms with van der Waals surface area (Å²) in [6.07, 6.45) is 10.5. The number of likely N-dealkylation sites (tertiary alicyclic amines) is 1. The number of nitrogens with zero attached hydrogens (tertiary/aromatic N) is 2. The highest BCUT2D eigenvalue weighted by Crippen LogP contribution is 2.35. The van der Waals surface area contributed by atoms with E-state index >= 15 is 0 Å². The van der Waals surface area contributed by atoms with Crippen molar-refractivity contribution in [3.8, 4) is 0 Å². The molecule has 5 amide bonds. The largest absolute Gasteiger partial charge is 0.353 e. The third kappa shape index (κ3) is 10.9. The molecule has 290 valence electrons. The summed E-state index contributed by atoms with van der Waals surface area (Å²) < 4.78 is 27.1. The van der Waals surface area contributed by atoms with Crippen LogP contribution in [0.25, 0.3) is 0 Å². The Bertz CT molecular complexity index is 1360. The van der Waals surface area contributed by atoms with Crippen molar-refractivity contribution in [2.45, 2.75) is 142 Å². The molecule has 0 aromatic heterocycles. The molecule has 2 saturated heterocycles. The molecule has 2 aliphatic heterocycles. The molecular weight excluding hydrogens is 673 g/mol. The lowest BCUT2D eigenvalue weighted by Crippen LogP contribution is -2.61. The number of hydrogen-bond donors (Lipinski definition) is 4. The predicted molar refractivity (Wildman–Crippen MR) is 196 cm³/mol.